The average molecular weight is 415 g/mol. The first-order valence-electron chi connectivity index (χ1n) is 8.48. The fraction of sp³-hybridized carbons (Fsp3) is 0.333. The molecule has 0 radical (unpaired) electrons. The van der Waals surface area contributed by atoms with Gasteiger partial charge in [-0.2, -0.15) is 5.10 Å². The molecule has 3 heterocycles. The zero-order valence-electron chi connectivity index (χ0n) is 14.7. The first-order valence-corrected chi connectivity index (χ1v) is 9.28. The first-order chi connectivity index (χ1) is 12.5. The molecule has 0 saturated carbocycles. The van der Waals surface area contributed by atoms with Crippen LogP contribution in [0.1, 0.15) is 17.3 Å². The molecule has 0 bridgehead atoms. The molecule has 1 aromatic carbocycles. The van der Waals surface area contributed by atoms with Gasteiger partial charge in [0.2, 0.25) is 0 Å². The Morgan fingerprint density at radius 1 is 1.04 bits per heavy atom. The van der Waals surface area contributed by atoms with Crippen LogP contribution < -0.4 is 9.80 Å². The van der Waals surface area contributed by atoms with Crippen molar-refractivity contribution in [2.75, 3.05) is 36.0 Å². The van der Waals surface area contributed by atoms with Gasteiger partial charge in [0.1, 0.15) is 16.7 Å². The van der Waals surface area contributed by atoms with Crippen LogP contribution in [0.3, 0.4) is 0 Å². The summed E-state index contributed by atoms with van der Waals surface area (Å²) in [5.74, 6) is 1.01. The molecule has 1 aliphatic rings. The van der Waals surface area contributed by atoms with E-state index in [1.54, 1.807) is 17.9 Å². The Kier molecular flexibility index (Phi) is 4.36. The Morgan fingerprint density at radius 2 is 1.69 bits per heavy atom. The molecule has 8 heteroatoms. The maximum Gasteiger partial charge on any atom is 0.164 e. The van der Waals surface area contributed by atoms with Crippen molar-refractivity contribution in [2.24, 2.45) is 7.05 Å². The van der Waals surface area contributed by atoms with Crippen LogP contribution in [-0.4, -0.2) is 51.7 Å². The number of carbonyl (C=O) groups is 1. The lowest BCUT2D eigenvalue weighted by Gasteiger charge is -2.36. The summed E-state index contributed by atoms with van der Waals surface area (Å²) in [5, 5.41) is 5.35. The van der Waals surface area contributed by atoms with Gasteiger partial charge in [-0.15, -0.1) is 0 Å². The largest absolute Gasteiger partial charge is 0.368 e. The number of anilines is 2. The Morgan fingerprint density at radius 3 is 2.35 bits per heavy atom. The number of nitrogens with zero attached hydrogens (tertiary/aromatic N) is 6. The summed E-state index contributed by atoms with van der Waals surface area (Å²) in [4.78, 5) is 24.9. The van der Waals surface area contributed by atoms with Crippen molar-refractivity contribution in [1.82, 2.24) is 19.7 Å². The van der Waals surface area contributed by atoms with E-state index in [0.29, 0.717) is 0 Å². The first kappa shape index (κ1) is 17.0. The van der Waals surface area contributed by atoms with Gasteiger partial charge in [-0.25, -0.2) is 14.6 Å². The van der Waals surface area contributed by atoms with Gasteiger partial charge in [-0.1, -0.05) is 0 Å². The third kappa shape index (κ3) is 2.94. The molecule has 0 N–H and O–H groups in total. The standard InChI is InChI=1S/C18H19BrN6O/c1-12(26)13-3-5-14(6-4-13)24-7-9-25(10-8-24)18-15-16(19)22-23(2)17(15)20-11-21-18/h3-6,11H,7-10H2,1-2H3. The van der Waals surface area contributed by atoms with E-state index in [0.717, 1.165) is 58.9 Å². The van der Waals surface area contributed by atoms with E-state index < -0.39 is 0 Å². The normalized spacial score (nSPS) is 14.9. The molecule has 26 heavy (non-hydrogen) atoms. The molecular weight excluding hydrogens is 396 g/mol. The number of aryl methyl sites for hydroxylation is 1. The SMILES string of the molecule is CC(=O)c1ccc(N2CCN(c3ncnc4c3c(Br)nn4C)CC2)cc1. The van der Waals surface area contributed by atoms with Crippen LogP contribution in [0.4, 0.5) is 11.5 Å². The van der Waals surface area contributed by atoms with Gasteiger partial charge < -0.3 is 9.80 Å². The zero-order chi connectivity index (χ0) is 18.3. The minimum absolute atomic E-state index is 0.0937. The molecule has 1 aliphatic heterocycles. The van der Waals surface area contributed by atoms with Crippen molar-refractivity contribution in [2.45, 2.75) is 6.92 Å². The summed E-state index contributed by atoms with van der Waals surface area (Å²) in [6, 6.07) is 7.83. The Bertz CT molecular complexity index is 960. The van der Waals surface area contributed by atoms with Gasteiger partial charge in [0.25, 0.3) is 0 Å². The van der Waals surface area contributed by atoms with Crippen LogP contribution in [-0.2, 0) is 7.05 Å². The van der Waals surface area contributed by atoms with Gasteiger partial charge in [-0.05, 0) is 47.1 Å². The summed E-state index contributed by atoms with van der Waals surface area (Å²) in [7, 11) is 1.88. The van der Waals surface area contributed by atoms with Crippen LogP contribution in [0.5, 0.6) is 0 Å². The molecule has 2 aromatic heterocycles. The molecule has 1 saturated heterocycles. The second-order valence-electron chi connectivity index (χ2n) is 6.39. The molecular formula is C18H19BrN6O. The van der Waals surface area contributed by atoms with Crippen molar-refractivity contribution in [3.63, 3.8) is 0 Å². The number of fused-ring (bicyclic) bond motifs is 1. The van der Waals surface area contributed by atoms with Crippen molar-refractivity contribution < 1.29 is 4.79 Å². The highest BCUT2D eigenvalue weighted by Gasteiger charge is 2.23. The van der Waals surface area contributed by atoms with Gasteiger partial charge in [0, 0.05) is 44.5 Å². The summed E-state index contributed by atoms with van der Waals surface area (Å²) in [6.07, 6.45) is 1.60. The van der Waals surface area contributed by atoms with Crippen molar-refractivity contribution in [3.05, 3.63) is 40.8 Å². The van der Waals surface area contributed by atoms with E-state index in [1.807, 2.05) is 31.3 Å². The summed E-state index contributed by atoms with van der Waals surface area (Å²) >= 11 is 3.53. The smallest absolute Gasteiger partial charge is 0.164 e. The summed E-state index contributed by atoms with van der Waals surface area (Å²) < 4.78 is 2.53. The number of benzene rings is 1. The van der Waals surface area contributed by atoms with Crippen LogP contribution in [0.15, 0.2) is 35.2 Å². The minimum atomic E-state index is 0.0937. The number of halogens is 1. The molecule has 134 valence electrons. The number of Topliss-reactive ketones (excluding diaryl/α,β-unsaturated/α-hetero) is 1. The van der Waals surface area contributed by atoms with Crippen LogP contribution >= 0.6 is 15.9 Å². The topological polar surface area (TPSA) is 67.2 Å². The lowest BCUT2D eigenvalue weighted by molar-refractivity contribution is 0.101. The maximum atomic E-state index is 11.4. The summed E-state index contributed by atoms with van der Waals surface area (Å²) in [5.41, 5.74) is 2.71. The van der Waals surface area contributed by atoms with E-state index in [9.17, 15) is 4.79 Å². The van der Waals surface area contributed by atoms with Crippen molar-refractivity contribution in [3.8, 4) is 0 Å². The number of rotatable bonds is 3. The molecule has 0 amide bonds. The number of piperazine rings is 1. The second-order valence-corrected chi connectivity index (χ2v) is 7.14. The van der Waals surface area contributed by atoms with Crippen LogP contribution in [0.2, 0.25) is 0 Å². The molecule has 1 fully saturated rings. The molecule has 7 nitrogen and oxygen atoms in total. The predicted octanol–water partition coefficient (Wildman–Crippen LogP) is 2.66. The van der Waals surface area contributed by atoms with E-state index in [-0.39, 0.29) is 5.78 Å². The number of carbonyl (C=O) groups excluding carboxylic acids is 1. The van der Waals surface area contributed by atoms with E-state index in [4.69, 9.17) is 0 Å². The third-order valence-electron chi connectivity index (χ3n) is 4.78. The van der Waals surface area contributed by atoms with E-state index in [2.05, 4.69) is 40.8 Å². The van der Waals surface area contributed by atoms with Gasteiger partial charge in [0.05, 0.1) is 5.39 Å². The molecule has 3 aromatic rings. The molecule has 0 spiro atoms. The fourth-order valence-corrected chi connectivity index (χ4v) is 3.94. The molecule has 0 aliphatic carbocycles. The number of hydrogen-bond donors (Lipinski definition) is 0. The van der Waals surface area contributed by atoms with Crippen molar-refractivity contribution >= 4 is 44.3 Å². The second kappa shape index (κ2) is 6.68. The Balaban J connectivity index is 1.53. The predicted molar refractivity (Wildman–Crippen MR) is 105 cm³/mol. The molecule has 0 unspecified atom stereocenters. The van der Waals surface area contributed by atoms with Crippen molar-refractivity contribution in [1.29, 1.82) is 0 Å². The van der Waals surface area contributed by atoms with E-state index >= 15 is 0 Å². The average Bonchev–Trinajstić information content (AvgIpc) is 2.96. The molecule has 0 atom stereocenters. The van der Waals surface area contributed by atoms with Crippen LogP contribution in [0.25, 0.3) is 11.0 Å². The third-order valence-corrected chi connectivity index (χ3v) is 5.33. The van der Waals surface area contributed by atoms with E-state index in [1.165, 1.54) is 0 Å². The summed E-state index contributed by atoms with van der Waals surface area (Å²) in [6.45, 7) is 5.10. The highest BCUT2D eigenvalue weighted by molar-refractivity contribution is 9.10. The highest BCUT2D eigenvalue weighted by atomic mass is 79.9. The monoisotopic (exact) mass is 414 g/mol. The number of ketones is 1. The Labute approximate surface area is 159 Å². The Hall–Kier alpha value is -2.48. The fourth-order valence-electron chi connectivity index (χ4n) is 3.35. The quantitative estimate of drug-likeness (QED) is 0.613. The number of aromatic nitrogens is 4. The zero-order valence-corrected chi connectivity index (χ0v) is 16.3. The lowest BCUT2D eigenvalue weighted by atomic mass is 10.1. The maximum absolute atomic E-state index is 11.4. The number of hydrogen-bond acceptors (Lipinski definition) is 6. The van der Waals surface area contributed by atoms with Gasteiger partial charge >= 0.3 is 0 Å². The van der Waals surface area contributed by atoms with Crippen LogP contribution in [0, 0.1) is 0 Å². The van der Waals surface area contributed by atoms with Gasteiger partial charge in [0.15, 0.2) is 11.4 Å². The molecule has 4 rings (SSSR count). The van der Waals surface area contributed by atoms with Gasteiger partial charge in [-0.3, -0.25) is 4.79 Å². The minimum Gasteiger partial charge on any atom is -0.368 e. The lowest BCUT2D eigenvalue weighted by Crippen LogP contribution is -2.46. The highest BCUT2D eigenvalue weighted by Crippen LogP contribution is 2.30.